The summed E-state index contributed by atoms with van der Waals surface area (Å²) in [6.07, 6.45) is 3.63. The molecule has 1 N–H and O–H groups in total. The Balaban J connectivity index is 1.24. The first kappa shape index (κ1) is 23.7. The van der Waals surface area contributed by atoms with Gasteiger partial charge < -0.3 is 9.84 Å². The van der Waals surface area contributed by atoms with Crippen LogP contribution in [0.25, 0.3) is 39.3 Å². The molecule has 0 saturated heterocycles. The molecule has 7 nitrogen and oxygen atoms in total. The number of pyridine rings is 1. The van der Waals surface area contributed by atoms with Crippen LogP contribution < -0.4 is 19.7 Å². The summed E-state index contributed by atoms with van der Waals surface area (Å²) in [5, 5.41) is 13.3. The van der Waals surface area contributed by atoms with Crippen LogP contribution in [0.5, 0.6) is 17.6 Å². The summed E-state index contributed by atoms with van der Waals surface area (Å²) in [6, 6.07) is 36.2. The lowest BCUT2D eigenvalue weighted by molar-refractivity contribution is -0.572. The second kappa shape index (κ2) is 8.64. The lowest BCUT2D eigenvalue weighted by Gasteiger charge is -2.32. The Morgan fingerprint density at radius 3 is 2.49 bits per heavy atom. The molecule has 198 valence electrons. The van der Waals surface area contributed by atoms with Crippen LogP contribution >= 0.6 is 0 Å². The molecule has 8 rings (SSSR count). The maximum Gasteiger partial charge on any atom is 0.300 e. The van der Waals surface area contributed by atoms with Crippen LogP contribution in [0.3, 0.4) is 0 Å². The average Bonchev–Trinajstić information content (AvgIpc) is 3.54. The van der Waals surface area contributed by atoms with E-state index in [1.165, 1.54) is 15.9 Å². The molecule has 41 heavy (non-hydrogen) atoms. The van der Waals surface area contributed by atoms with Gasteiger partial charge in [0.1, 0.15) is 19.6 Å². The molecule has 4 heterocycles. The highest BCUT2D eigenvalue weighted by atomic mass is 28.3. The monoisotopic (exact) mass is 551 g/mol. The summed E-state index contributed by atoms with van der Waals surface area (Å²) < 4.78 is 12.3. The van der Waals surface area contributed by atoms with E-state index < -0.39 is 8.07 Å². The molecule has 7 aromatic rings. The topological polar surface area (TPSA) is 69.0 Å². The van der Waals surface area contributed by atoms with E-state index in [0.717, 1.165) is 22.4 Å². The highest BCUT2D eigenvalue weighted by Gasteiger charge is 2.36. The number of para-hydroxylation sites is 4. The van der Waals surface area contributed by atoms with Gasteiger partial charge in [0.15, 0.2) is 0 Å². The maximum absolute atomic E-state index is 10.6. The van der Waals surface area contributed by atoms with Crippen LogP contribution in [-0.4, -0.2) is 32.3 Å². The van der Waals surface area contributed by atoms with Gasteiger partial charge in [-0.1, -0.05) is 73.8 Å². The molecule has 0 atom stereocenters. The number of aromatic nitrogens is 5. The van der Waals surface area contributed by atoms with Crippen molar-refractivity contribution in [2.75, 3.05) is 0 Å². The number of rotatable bonds is 4. The second-order valence-electron chi connectivity index (χ2n) is 10.8. The van der Waals surface area contributed by atoms with E-state index in [2.05, 4.69) is 88.1 Å². The summed E-state index contributed by atoms with van der Waals surface area (Å²) in [5.74, 6) is 1.63. The molecule has 0 bridgehead atoms. The quantitative estimate of drug-likeness (QED) is 0.188. The molecular weight excluding hydrogens is 526 g/mol. The molecule has 0 saturated carbocycles. The van der Waals surface area contributed by atoms with Crippen molar-refractivity contribution in [3.63, 3.8) is 0 Å². The van der Waals surface area contributed by atoms with Crippen molar-refractivity contribution >= 4 is 40.5 Å². The summed E-state index contributed by atoms with van der Waals surface area (Å²) in [4.78, 5) is 8.97. The van der Waals surface area contributed by atoms with E-state index in [4.69, 9.17) is 9.72 Å². The number of imidazole rings is 2. The number of benzene rings is 4. The minimum Gasteiger partial charge on any atom is -0.480 e. The third kappa shape index (κ3) is 3.54. The van der Waals surface area contributed by atoms with Crippen molar-refractivity contribution in [3.8, 4) is 34.8 Å². The second-order valence-corrected chi connectivity index (χ2v) is 15.1. The van der Waals surface area contributed by atoms with Gasteiger partial charge in [0.05, 0.1) is 33.4 Å². The summed E-state index contributed by atoms with van der Waals surface area (Å²) in [7, 11) is -2.01. The average molecular weight is 552 g/mol. The summed E-state index contributed by atoms with van der Waals surface area (Å²) in [6.45, 7) is 4.80. The van der Waals surface area contributed by atoms with Crippen LogP contribution in [-0.2, 0) is 0 Å². The molecule has 0 radical (unpaired) electrons. The van der Waals surface area contributed by atoms with Crippen molar-refractivity contribution in [2.45, 2.75) is 13.1 Å². The Labute approximate surface area is 237 Å². The van der Waals surface area contributed by atoms with E-state index in [1.54, 1.807) is 4.57 Å². The standard InChI is InChI=1S/C33H25N5O2Si/c1-41(2)28-19-18-23(40-31-17-9-16-30(35-31)38-25-13-7-6-12-24(25)34-33(38)39)20-27(28)37-21-36(22-10-4-3-5-11-22)26-14-8-15-29(41)32(26)37/h3-20H,1-2H3,(H,34,39). The molecule has 0 aliphatic carbocycles. The Morgan fingerprint density at radius 1 is 0.805 bits per heavy atom. The lowest BCUT2D eigenvalue weighted by atomic mass is 10.2. The van der Waals surface area contributed by atoms with E-state index >= 15 is 0 Å². The van der Waals surface area contributed by atoms with Crippen molar-refractivity contribution in [1.82, 2.24) is 19.1 Å². The zero-order chi connectivity index (χ0) is 27.7. The van der Waals surface area contributed by atoms with Gasteiger partial charge in [-0.2, -0.15) is 9.97 Å². The zero-order valence-electron chi connectivity index (χ0n) is 22.5. The molecule has 0 amide bonds. The molecule has 0 fully saturated rings. The number of ether oxygens (including phenoxy) is 1. The fourth-order valence-corrected chi connectivity index (χ4v) is 8.94. The van der Waals surface area contributed by atoms with Gasteiger partial charge >= 0.3 is 6.01 Å². The molecule has 8 heteroatoms. The lowest BCUT2D eigenvalue weighted by Crippen LogP contribution is -2.57. The van der Waals surface area contributed by atoms with Gasteiger partial charge in [-0.15, -0.1) is 0 Å². The van der Waals surface area contributed by atoms with Gasteiger partial charge in [-0.05, 0) is 52.8 Å². The number of fused-ring (bicyclic) bond motifs is 3. The fourth-order valence-electron chi connectivity index (χ4n) is 5.98. The first-order chi connectivity index (χ1) is 20.0. The minimum absolute atomic E-state index is 0.116. The summed E-state index contributed by atoms with van der Waals surface area (Å²) in [5.41, 5.74) is 5.94. The highest BCUT2D eigenvalue weighted by Crippen LogP contribution is 2.30. The van der Waals surface area contributed by atoms with Gasteiger partial charge in [0, 0.05) is 6.07 Å². The largest absolute Gasteiger partial charge is 0.480 e. The number of hydrogen-bond acceptors (Lipinski definition) is 4. The first-order valence-corrected chi connectivity index (χ1v) is 16.5. The van der Waals surface area contributed by atoms with E-state index in [0.29, 0.717) is 23.0 Å². The van der Waals surface area contributed by atoms with E-state index in [1.807, 2.05) is 54.6 Å². The summed E-state index contributed by atoms with van der Waals surface area (Å²) >= 11 is 0. The third-order valence-corrected chi connectivity index (χ3v) is 11.5. The van der Waals surface area contributed by atoms with E-state index in [-0.39, 0.29) is 6.01 Å². The van der Waals surface area contributed by atoms with Gasteiger partial charge in [0.25, 0.3) is 6.33 Å². The van der Waals surface area contributed by atoms with Gasteiger partial charge in [-0.3, -0.25) is 9.13 Å². The molecular formula is C33H25N5O2Si. The molecule has 0 unspecified atom stereocenters. The van der Waals surface area contributed by atoms with Crippen LogP contribution in [0.4, 0.5) is 0 Å². The number of aromatic hydroxyl groups is 1. The zero-order valence-corrected chi connectivity index (χ0v) is 23.5. The minimum atomic E-state index is -2.01. The molecule has 3 aromatic heterocycles. The van der Waals surface area contributed by atoms with Gasteiger partial charge in [0.2, 0.25) is 5.88 Å². The molecule has 1 aliphatic heterocycles. The Hall–Kier alpha value is -5.21. The SMILES string of the molecule is C[Si]1(C)c2ccc(Oc3cccc(-n4c(O)nc5ccccc54)n3)cc2-n2[c-][n+](-c3ccccc3)c3cccc1c32. The van der Waals surface area contributed by atoms with Crippen LogP contribution in [0.15, 0.2) is 109 Å². The Bertz CT molecular complexity index is 2130. The molecule has 4 aromatic carbocycles. The predicted octanol–water partition coefficient (Wildman–Crippen LogP) is 5.08. The Morgan fingerprint density at radius 2 is 1.61 bits per heavy atom. The first-order valence-electron chi connectivity index (χ1n) is 13.5. The molecule has 1 aliphatic rings. The maximum atomic E-state index is 10.6. The normalized spacial score (nSPS) is 13.4. The predicted molar refractivity (Wildman–Crippen MR) is 161 cm³/mol. The van der Waals surface area contributed by atoms with Crippen LogP contribution in [0.1, 0.15) is 0 Å². The Kier molecular flexibility index (Phi) is 4.99. The smallest absolute Gasteiger partial charge is 0.300 e. The van der Waals surface area contributed by atoms with Crippen LogP contribution in [0.2, 0.25) is 13.1 Å². The molecule has 0 spiro atoms. The van der Waals surface area contributed by atoms with Crippen molar-refractivity contribution in [1.29, 1.82) is 0 Å². The number of nitrogens with zero attached hydrogens (tertiary/aromatic N) is 5. The van der Waals surface area contributed by atoms with Crippen molar-refractivity contribution in [2.24, 2.45) is 0 Å². The third-order valence-electron chi connectivity index (χ3n) is 7.95. The fraction of sp³-hybridized carbons (Fsp3) is 0.0606. The van der Waals surface area contributed by atoms with Crippen molar-refractivity contribution in [3.05, 3.63) is 116 Å². The number of hydrogen-bond donors (Lipinski definition) is 1. The van der Waals surface area contributed by atoms with E-state index in [9.17, 15) is 5.11 Å². The van der Waals surface area contributed by atoms with Crippen molar-refractivity contribution < 1.29 is 14.4 Å². The highest BCUT2D eigenvalue weighted by molar-refractivity contribution is 7.02. The van der Waals surface area contributed by atoms with Gasteiger partial charge in [-0.25, -0.2) is 4.57 Å². The van der Waals surface area contributed by atoms with Crippen LogP contribution in [0, 0.1) is 6.33 Å².